The lowest BCUT2D eigenvalue weighted by molar-refractivity contribution is 0.0526. The third kappa shape index (κ3) is 3.24. The minimum Gasteiger partial charge on any atom is -0.462 e. The molecule has 0 aromatic heterocycles. The summed E-state index contributed by atoms with van der Waals surface area (Å²) >= 11 is 6.16. The first-order chi connectivity index (χ1) is 6.95. The van der Waals surface area contributed by atoms with E-state index >= 15 is 0 Å². The van der Waals surface area contributed by atoms with Crippen LogP contribution in [-0.4, -0.2) is 12.6 Å². The van der Waals surface area contributed by atoms with E-state index in [0.717, 1.165) is 5.56 Å². The molecule has 3 heteroatoms. The Labute approximate surface area is 95.2 Å². The molecular formula is C12H15ClO2. The van der Waals surface area contributed by atoms with E-state index < -0.39 is 4.87 Å². The van der Waals surface area contributed by atoms with Gasteiger partial charge in [0, 0.05) is 0 Å². The number of halogens is 1. The zero-order chi connectivity index (χ0) is 11.5. The van der Waals surface area contributed by atoms with Gasteiger partial charge in [0.15, 0.2) is 0 Å². The minimum absolute atomic E-state index is 0.305. The van der Waals surface area contributed by atoms with Crippen LogP contribution in [0.1, 0.15) is 36.7 Å². The molecule has 0 saturated heterocycles. The highest BCUT2D eigenvalue weighted by Gasteiger charge is 2.18. The Morgan fingerprint density at radius 2 is 2.13 bits per heavy atom. The van der Waals surface area contributed by atoms with Crippen LogP contribution in [0.5, 0.6) is 0 Å². The largest absolute Gasteiger partial charge is 0.462 e. The van der Waals surface area contributed by atoms with Crippen LogP contribution >= 0.6 is 11.6 Å². The van der Waals surface area contributed by atoms with Crippen LogP contribution in [0.25, 0.3) is 0 Å². The summed E-state index contributed by atoms with van der Waals surface area (Å²) in [5.74, 6) is -0.305. The number of carbonyl (C=O) groups excluding carboxylic acids is 1. The predicted octanol–water partition coefficient (Wildman–Crippen LogP) is 3.34. The molecule has 0 spiro atoms. The number of alkyl halides is 1. The molecule has 0 aliphatic heterocycles. The van der Waals surface area contributed by atoms with E-state index in [-0.39, 0.29) is 5.97 Å². The van der Waals surface area contributed by atoms with E-state index in [2.05, 4.69) is 0 Å². The molecule has 1 rings (SSSR count). The molecule has 1 aromatic rings. The summed E-state index contributed by atoms with van der Waals surface area (Å²) in [6.07, 6.45) is 0. The summed E-state index contributed by atoms with van der Waals surface area (Å²) in [6, 6.07) is 7.20. The molecule has 0 aliphatic carbocycles. The Balaban J connectivity index is 2.98. The average molecular weight is 227 g/mol. The van der Waals surface area contributed by atoms with Crippen molar-refractivity contribution in [1.82, 2.24) is 0 Å². The molecule has 0 fully saturated rings. The number of benzene rings is 1. The number of carbonyl (C=O) groups is 1. The van der Waals surface area contributed by atoms with Gasteiger partial charge in [0.1, 0.15) is 0 Å². The minimum atomic E-state index is -0.470. The summed E-state index contributed by atoms with van der Waals surface area (Å²) in [7, 11) is 0. The molecule has 0 N–H and O–H groups in total. The monoisotopic (exact) mass is 226 g/mol. The van der Waals surface area contributed by atoms with Crippen LogP contribution in [0.15, 0.2) is 24.3 Å². The van der Waals surface area contributed by atoms with Crippen LogP contribution in [0.4, 0.5) is 0 Å². The van der Waals surface area contributed by atoms with Gasteiger partial charge in [0.05, 0.1) is 17.0 Å². The molecule has 82 valence electrons. The third-order valence-electron chi connectivity index (χ3n) is 2.06. The van der Waals surface area contributed by atoms with E-state index in [1.54, 1.807) is 19.1 Å². The van der Waals surface area contributed by atoms with Gasteiger partial charge in [0.25, 0.3) is 0 Å². The van der Waals surface area contributed by atoms with Gasteiger partial charge in [-0.3, -0.25) is 0 Å². The van der Waals surface area contributed by atoms with Crippen LogP contribution in [0.3, 0.4) is 0 Å². The van der Waals surface area contributed by atoms with Crippen molar-refractivity contribution in [3.8, 4) is 0 Å². The van der Waals surface area contributed by atoms with Crippen LogP contribution in [0, 0.1) is 0 Å². The molecule has 0 atom stereocenters. The first kappa shape index (κ1) is 12.1. The van der Waals surface area contributed by atoms with Crippen molar-refractivity contribution in [2.24, 2.45) is 0 Å². The van der Waals surface area contributed by atoms with E-state index in [9.17, 15) is 4.79 Å². The molecule has 0 amide bonds. The highest BCUT2D eigenvalue weighted by atomic mass is 35.5. The van der Waals surface area contributed by atoms with E-state index in [1.807, 2.05) is 26.0 Å². The van der Waals surface area contributed by atoms with E-state index in [4.69, 9.17) is 16.3 Å². The second kappa shape index (κ2) is 4.67. The molecule has 15 heavy (non-hydrogen) atoms. The molecular weight excluding hydrogens is 212 g/mol. The quantitative estimate of drug-likeness (QED) is 0.584. The molecule has 1 aromatic carbocycles. The zero-order valence-corrected chi connectivity index (χ0v) is 9.97. The zero-order valence-electron chi connectivity index (χ0n) is 9.21. The third-order valence-corrected chi connectivity index (χ3v) is 2.28. The molecule has 0 heterocycles. The van der Waals surface area contributed by atoms with Gasteiger partial charge in [0.2, 0.25) is 0 Å². The smallest absolute Gasteiger partial charge is 0.338 e. The number of ether oxygens (including phenoxy) is 1. The van der Waals surface area contributed by atoms with Crippen LogP contribution in [-0.2, 0) is 9.61 Å². The van der Waals surface area contributed by atoms with Crippen LogP contribution in [0.2, 0.25) is 0 Å². The molecule has 0 aliphatic rings. The fraction of sp³-hybridized carbons (Fsp3) is 0.417. The highest BCUT2D eigenvalue weighted by Crippen LogP contribution is 2.28. The van der Waals surface area contributed by atoms with Crippen molar-refractivity contribution >= 4 is 17.6 Å². The van der Waals surface area contributed by atoms with Crippen molar-refractivity contribution in [1.29, 1.82) is 0 Å². The maximum absolute atomic E-state index is 11.5. The molecule has 0 saturated carbocycles. The number of esters is 1. The Hall–Kier alpha value is -1.02. The Bertz CT molecular complexity index is 353. The standard InChI is InChI=1S/C12H15ClO2/c1-4-15-11(14)9-6-5-7-10(8-9)12(2,3)13/h5-8H,4H2,1-3H3. The van der Waals surface area contributed by atoms with Gasteiger partial charge in [-0.15, -0.1) is 11.6 Å². The van der Waals surface area contributed by atoms with Gasteiger partial charge >= 0.3 is 5.97 Å². The second-order valence-corrected chi connectivity index (χ2v) is 4.72. The Morgan fingerprint density at radius 1 is 1.47 bits per heavy atom. The maximum atomic E-state index is 11.5. The van der Waals surface area contributed by atoms with Crippen molar-refractivity contribution in [3.63, 3.8) is 0 Å². The molecule has 0 bridgehead atoms. The van der Waals surface area contributed by atoms with E-state index in [0.29, 0.717) is 12.2 Å². The SMILES string of the molecule is CCOC(=O)c1cccc(C(C)(C)Cl)c1. The molecule has 0 unspecified atom stereocenters. The van der Waals surface area contributed by atoms with Crippen molar-refractivity contribution in [3.05, 3.63) is 35.4 Å². The summed E-state index contributed by atoms with van der Waals surface area (Å²) in [6.45, 7) is 5.94. The number of hydrogen-bond donors (Lipinski definition) is 0. The highest BCUT2D eigenvalue weighted by molar-refractivity contribution is 6.23. The number of rotatable bonds is 3. The topological polar surface area (TPSA) is 26.3 Å². The predicted molar refractivity (Wildman–Crippen MR) is 61.3 cm³/mol. The van der Waals surface area contributed by atoms with Gasteiger partial charge in [-0.1, -0.05) is 12.1 Å². The van der Waals surface area contributed by atoms with E-state index in [1.165, 1.54) is 0 Å². The van der Waals surface area contributed by atoms with Crippen molar-refractivity contribution in [2.45, 2.75) is 25.6 Å². The summed E-state index contributed by atoms with van der Waals surface area (Å²) in [5, 5.41) is 0. The first-order valence-electron chi connectivity index (χ1n) is 4.91. The van der Waals surface area contributed by atoms with Crippen LogP contribution < -0.4 is 0 Å². The van der Waals surface area contributed by atoms with Gasteiger partial charge < -0.3 is 4.74 Å². The summed E-state index contributed by atoms with van der Waals surface area (Å²) < 4.78 is 4.91. The van der Waals surface area contributed by atoms with Crippen molar-refractivity contribution in [2.75, 3.05) is 6.61 Å². The van der Waals surface area contributed by atoms with Crippen molar-refractivity contribution < 1.29 is 9.53 Å². The Morgan fingerprint density at radius 3 is 2.67 bits per heavy atom. The average Bonchev–Trinajstić information content (AvgIpc) is 2.17. The second-order valence-electron chi connectivity index (χ2n) is 3.77. The lowest BCUT2D eigenvalue weighted by Crippen LogP contribution is -2.10. The number of hydrogen-bond acceptors (Lipinski definition) is 2. The fourth-order valence-corrected chi connectivity index (χ4v) is 1.35. The fourth-order valence-electron chi connectivity index (χ4n) is 1.23. The summed E-state index contributed by atoms with van der Waals surface area (Å²) in [5.41, 5.74) is 1.46. The lowest BCUT2D eigenvalue weighted by Gasteiger charge is -2.16. The Kier molecular flexibility index (Phi) is 3.75. The molecule has 2 nitrogen and oxygen atoms in total. The lowest BCUT2D eigenvalue weighted by atomic mass is 10.0. The summed E-state index contributed by atoms with van der Waals surface area (Å²) in [4.78, 5) is 11.0. The van der Waals surface area contributed by atoms with Gasteiger partial charge in [-0.05, 0) is 38.5 Å². The van der Waals surface area contributed by atoms with Gasteiger partial charge in [-0.2, -0.15) is 0 Å². The first-order valence-corrected chi connectivity index (χ1v) is 5.29. The van der Waals surface area contributed by atoms with Gasteiger partial charge in [-0.25, -0.2) is 4.79 Å². The molecule has 0 radical (unpaired) electrons. The normalized spacial score (nSPS) is 11.2. The maximum Gasteiger partial charge on any atom is 0.338 e.